The second kappa shape index (κ2) is 37.1. The highest BCUT2D eigenvalue weighted by Gasteiger charge is 2.26. The van der Waals surface area contributed by atoms with Crippen LogP contribution in [0, 0.1) is 31.3 Å². The van der Waals surface area contributed by atoms with E-state index in [0.29, 0.717) is 85.4 Å². The molecule has 3 atom stereocenters. The summed E-state index contributed by atoms with van der Waals surface area (Å²) in [5, 5.41) is 59.2. The number of amides is 1. The molecule has 3 aliphatic carbocycles. The number of carbonyl (C=O) groups is 3. The van der Waals surface area contributed by atoms with Crippen LogP contribution in [0.25, 0.3) is 34.9 Å². The van der Waals surface area contributed by atoms with Crippen molar-refractivity contribution in [3.8, 4) is 0 Å². The van der Waals surface area contributed by atoms with Crippen molar-refractivity contribution in [1.82, 2.24) is 90.9 Å². The summed E-state index contributed by atoms with van der Waals surface area (Å²) in [6, 6.07) is 33.2. The third-order valence-electron chi connectivity index (χ3n) is 17.2. The van der Waals surface area contributed by atoms with Crippen molar-refractivity contribution in [1.29, 1.82) is 0 Å². The fraction of sp³-hybridized carbons (Fsp3) is 0.295. The zero-order valence-corrected chi connectivity index (χ0v) is 61.0. The fourth-order valence-corrected chi connectivity index (χ4v) is 11.6. The van der Waals surface area contributed by atoms with E-state index in [0.717, 1.165) is 73.0 Å². The van der Waals surface area contributed by atoms with Gasteiger partial charge in [0.25, 0.3) is 5.91 Å². The second-order valence-electron chi connectivity index (χ2n) is 26.9. The number of nitrogens with two attached hydrogens (primary N) is 1. The van der Waals surface area contributed by atoms with Crippen LogP contribution in [0.1, 0.15) is 162 Å². The lowest BCUT2D eigenvalue weighted by Gasteiger charge is -2.18. The highest BCUT2D eigenvalue weighted by Crippen LogP contribution is 2.35. The number of benzene rings is 3. The molecule has 564 valence electrons. The Balaban J connectivity index is 0.000000164. The highest BCUT2D eigenvalue weighted by molar-refractivity contribution is 5.92. The Morgan fingerprint density at radius 2 is 0.881 bits per heavy atom. The number of hydrogen-bond donors (Lipinski definition) is 3. The number of allylic oxidation sites excluding steroid dienone is 3. The normalized spacial score (nSPS) is 13.2. The maximum atomic E-state index is 14.7. The zero-order valence-electron chi connectivity index (χ0n) is 60.2. The Hall–Kier alpha value is -11.9. The minimum Gasteiger partial charge on any atom is -0.476 e. The van der Waals surface area contributed by atoms with Gasteiger partial charge in [0.15, 0.2) is 17.1 Å². The number of aryl methyl sites for hydroxylation is 5. The van der Waals surface area contributed by atoms with Gasteiger partial charge >= 0.3 is 11.9 Å². The smallest absolute Gasteiger partial charge is 0.361 e. The van der Waals surface area contributed by atoms with Crippen LogP contribution in [-0.2, 0) is 76.0 Å². The molecule has 4 N–H and O–H groups in total. The molecular formula is C78H78ClF6N19O5. The number of ether oxygens (including phenoxy) is 1. The Kier molecular flexibility index (Phi) is 27.1. The van der Waals surface area contributed by atoms with Gasteiger partial charge in [-0.25, -0.2) is 50.0 Å². The fourth-order valence-electron chi connectivity index (χ4n) is 11.6. The van der Waals surface area contributed by atoms with Crippen molar-refractivity contribution < 1.29 is 50.6 Å². The van der Waals surface area contributed by atoms with Crippen LogP contribution in [0.15, 0.2) is 146 Å². The van der Waals surface area contributed by atoms with Gasteiger partial charge in [0, 0.05) is 89.5 Å². The zero-order chi connectivity index (χ0) is 76.4. The van der Waals surface area contributed by atoms with Crippen molar-refractivity contribution in [2.75, 3.05) is 0 Å². The van der Waals surface area contributed by atoms with Gasteiger partial charge in [0.2, 0.25) is 0 Å². The van der Waals surface area contributed by atoms with E-state index in [1.54, 1.807) is 87.8 Å². The van der Waals surface area contributed by atoms with Crippen LogP contribution >= 0.6 is 12.4 Å². The summed E-state index contributed by atoms with van der Waals surface area (Å²) >= 11 is 0. The first kappa shape index (κ1) is 79.6. The third kappa shape index (κ3) is 22.6. The van der Waals surface area contributed by atoms with Crippen LogP contribution in [0.4, 0.5) is 26.3 Å². The molecular weight excluding hydrogens is 1430 g/mol. The number of pyridine rings is 2. The van der Waals surface area contributed by atoms with E-state index in [9.17, 15) is 40.7 Å². The molecule has 0 radical (unpaired) electrons. The summed E-state index contributed by atoms with van der Waals surface area (Å²) in [5.41, 5.74) is 19.7. The van der Waals surface area contributed by atoms with E-state index in [1.807, 2.05) is 74.5 Å². The Morgan fingerprint density at radius 3 is 1.24 bits per heavy atom. The first-order valence-electron chi connectivity index (χ1n) is 34.8. The van der Waals surface area contributed by atoms with Crippen molar-refractivity contribution in [3.05, 3.63) is 271 Å². The molecule has 24 nitrogen and oxygen atoms in total. The molecule has 8 heterocycles. The quantitative estimate of drug-likeness (QED) is 0.0374. The van der Waals surface area contributed by atoms with Crippen molar-refractivity contribution >= 4 is 65.2 Å². The molecule has 0 bridgehead atoms. The molecule has 8 aromatic heterocycles. The lowest BCUT2D eigenvalue weighted by Crippen LogP contribution is -2.24. The van der Waals surface area contributed by atoms with Gasteiger partial charge < -0.3 is 20.9 Å². The van der Waals surface area contributed by atoms with E-state index in [4.69, 9.17) is 15.6 Å². The van der Waals surface area contributed by atoms with Crippen molar-refractivity contribution in [2.24, 2.45) is 5.73 Å². The molecule has 0 aliphatic heterocycles. The van der Waals surface area contributed by atoms with Gasteiger partial charge in [-0.05, 0) is 168 Å². The van der Waals surface area contributed by atoms with E-state index in [-0.39, 0.29) is 85.8 Å². The molecule has 0 fully saturated rings. The van der Waals surface area contributed by atoms with Gasteiger partial charge in [0.05, 0.1) is 72.4 Å². The summed E-state index contributed by atoms with van der Waals surface area (Å²) in [6.07, 6.45) is 12.8. The molecule has 14 rings (SSSR count). The number of carboxylic acids is 1. The summed E-state index contributed by atoms with van der Waals surface area (Å²) in [4.78, 5) is 43.4. The summed E-state index contributed by atoms with van der Waals surface area (Å²) < 4.78 is 94.8. The van der Waals surface area contributed by atoms with Crippen LogP contribution in [-0.4, -0.2) is 133 Å². The third-order valence-corrected chi connectivity index (χ3v) is 17.2. The SMILES string of the molecule is CC(C)(C)OC(=O)c1cn(CC(F)CCc2cc3c(nn2)CC(c2ccccc2F)=C3)nn1.Cc1ccc(CN)cn1.Cc1ccc(CNC(=O)c2cn(CC(F)CCc3cc4c(nn3)CC(c3ccccc3F)=C4)nn2)cn1.Cl.O=C(O)c1cn(CC(F)CCc2cc3c(nn2)CC(c2ccccc2F)=C3)nn1. The summed E-state index contributed by atoms with van der Waals surface area (Å²) in [7, 11) is 0. The van der Waals surface area contributed by atoms with Crippen LogP contribution in [0.2, 0.25) is 0 Å². The molecule has 0 saturated heterocycles. The van der Waals surface area contributed by atoms with Gasteiger partial charge in [-0.15, -0.1) is 27.7 Å². The minimum atomic E-state index is -1.24. The summed E-state index contributed by atoms with van der Waals surface area (Å²) in [5.74, 6) is -3.01. The first-order chi connectivity index (χ1) is 51.9. The van der Waals surface area contributed by atoms with Crippen LogP contribution in [0.5, 0.6) is 0 Å². The lowest BCUT2D eigenvalue weighted by molar-refractivity contribution is 0.00620. The van der Waals surface area contributed by atoms with Gasteiger partial charge in [-0.3, -0.25) is 14.8 Å². The molecule has 3 unspecified atom stereocenters. The summed E-state index contributed by atoms with van der Waals surface area (Å²) in [6.45, 7) is 9.85. The predicted molar refractivity (Wildman–Crippen MR) is 396 cm³/mol. The molecule has 0 spiro atoms. The predicted octanol–water partition coefficient (Wildman–Crippen LogP) is 12.4. The second-order valence-corrected chi connectivity index (χ2v) is 26.9. The molecule has 11 aromatic rings. The Bertz CT molecular complexity index is 5090. The molecule has 0 saturated carbocycles. The van der Waals surface area contributed by atoms with Crippen LogP contribution < -0.4 is 11.1 Å². The highest BCUT2D eigenvalue weighted by atomic mass is 35.5. The van der Waals surface area contributed by atoms with Gasteiger partial charge in [-0.1, -0.05) is 82.4 Å². The average Bonchev–Trinajstić information content (AvgIpc) is 1.67. The number of rotatable bonds is 24. The number of halogens is 7. The van der Waals surface area contributed by atoms with E-state index >= 15 is 0 Å². The Morgan fingerprint density at radius 1 is 0.514 bits per heavy atom. The largest absolute Gasteiger partial charge is 0.476 e. The number of carbonyl (C=O) groups excluding carboxylic acids is 2. The Labute approximate surface area is 629 Å². The number of alkyl halides is 3. The van der Waals surface area contributed by atoms with Crippen molar-refractivity contribution in [2.45, 2.75) is 149 Å². The van der Waals surface area contributed by atoms with Crippen molar-refractivity contribution in [3.63, 3.8) is 0 Å². The number of carboxylic acid groups (broad SMARTS) is 1. The molecule has 3 aliphatic rings. The number of aromatic nitrogens is 17. The van der Waals surface area contributed by atoms with E-state index in [2.05, 4.69) is 76.8 Å². The number of nitrogens with one attached hydrogen (secondary N) is 1. The number of aromatic carboxylic acids is 1. The first-order valence-corrected chi connectivity index (χ1v) is 34.8. The van der Waals surface area contributed by atoms with Gasteiger partial charge in [0.1, 0.15) is 41.6 Å². The number of hydrogen-bond acceptors (Lipinski definition) is 19. The molecule has 31 heteroatoms. The van der Waals surface area contributed by atoms with Gasteiger partial charge in [-0.2, -0.15) is 30.6 Å². The lowest BCUT2D eigenvalue weighted by atomic mass is 10.0. The monoisotopic (exact) mass is 1510 g/mol. The maximum absolute atomic E-state index is 14.7. The standard InChI is InChI=1S/C27H25F2N7O.C24H25F2N5O2.C20H17F2N5O2.C7H10N2.ClH/c1-17-6-7-18(13-30-17)14-31-27(37)26-16-36(35-34-26)15-21(28)8-9-22-11-20-10-19(12-25(20)33-32-22)23-4-2-3-5-24(23)29;1-24(2,3)33-23(32)22-14-31(30-29-22)13-17(25)8-9-18-11-16-10-15(12-21(16)28-27-18)19-6-4-5-7-20(19)26;21-14(10-27-11-19(20(28)29)25-26-27)5-6-15-8-13-7-12(9-18(13)24-23-15)16-3-1-2-4-17(16)22;1-6-2-3-7(4-8)5-9-6;/h2-7,10-11,13,16,21H,8-9,12,14-15H2,1H3,(H,31,37);4-7,10-11,14,17H,8-9,12-13H2,1-3H3;1-4,7-8,11,14H,5-6,9-10H2,(H,28,29);2-3,5H,4,8H2,1H3;1H. The topological polar surface area (TPSA) is 314 Å². The van der Waals surface area contributed by atoms with E-state index < -0.39 is 42.0 Å². The molecule has 109 heavy (non-hydrogen) atoms. The molecule has 1 amide bonds. The number of nitrogens with zero attached hydrogens (tertiary/aromatic N) is 17. The molecule has 3 aromatic carbocycles. The van der Waals surface area contributed by atoms with E-state index in [1.165, 1.54) is 50.8 Å². The number of fused-ring (bicyclic) bond motifs is 3. The maximum Gasteiger partial charge on any atom is 0.361 e. The minimum absolute atomic E-state index is 0. The van der Waals surface area contributed by atoms with Crippen LogP contribution in [0.3, 0.4) is 0 Å². The number of esters is 1. The average molecular weight is 1510 g/mol.